The monoisotopic (exact) mass is 381 g/mol. The molecule has 0 saturated carbocycles. The van der Waals surface area contributed by atoms with Gasteiger partial charge in [0.25, 0.3) is 5.91 Å². The first kappa shape index (κ1) is 17.2. The lowest BCUT2D eigenvalue weighted by molar-refractivity contribution is 0.0704. The van der Waals surface area contributed by atoms with E-state index in [9.17, 15) is 4.79 Å². The van der Waals surface area contributed by atoms with E-state index in [4.69, 9.17) is 19.2 Å². The van der Waals surface area contributed by atoms with Gasteiger partial charge in [-0.2, -0.15) is 5.10 Å². The van der Waals surface area contributed by atoms with Gasteiger partial charge in [-0.3, -0.25) is 4.79 Å². The van der Waals surface area contributed by atoms with E-state index in [-0.39, 0.29) is 11.8 Å². The number of morpholine rings is 1. The summed E-state index contributed by atoms with van der Waals surface area (Å²) in [5.41, 5.74) is 2.57. The molecule has 5 rings (SSSR count). The van der Waals surface area contributed by atoms with Crippen LogP contribution in [-0.2, 0) is 4.74 Å². The number of ether oxygens (including phenoxy) is 1. The third kappa shape index (κ3) is 3.24. The van der Waals surface area contributed by atoms with E-state index < -0.39 is 0 Å². The highest BCUT2D eigenvalue weighted by molar-refractivity contribution is 5.93. The fourth-order valence-corrected chi connectivity index (χ4v) is 4.01. The molecule has 5 heterocycles. The second-order valence-electron chi connectivity index (χ2n) is 7.36. The van der Waals surface area contributed by atoms with E-state index in [1.807, 2.05) is 21.7 Å². The molecular formula is C20H23N5O3. The predicted molar refractivity (Wildman–Crippen MR) is 103 cm³/mol. The zero-order valence-corrected chi connectivity index (χ0v) is 15.7. The van der Waals surface area contributed by atoms with E-state index in [0.717, 1.165) is 62.8 Å². The first-order valence-corrected chi connectivity index (χ1v) is 9.78. The Morgan fingerprint density at radius 1 is 1.14 bits per heavy atom. The van der Waals surface area contributed by atoms with Crippen LogP contribution in [0.5, 0.6) is 0 Å². The van der Waals surface area contributed by atoms with E-state index in [1.54, 1.807) is 6.07 Å². The number of nitrogens with zero attached hydrogens (tertiary/aromatic N) is 5. The van der Waals surface area contributed by atoms with Crippen LogP contribution >= 0.6 is 0 Å². The van der Waals surface area contributed by atoms with Gasteiger partial charge in [-0.05, 0) is 31.0 Å². The maximum Gasteiger partial charge on any atom is 0.257 e. The smallest absolute Gasteiger partial charge is 0.257 e. The third-order valence-electron chi connectivity index (χ3n) is 5.55. The van der Waals surface area contributed by atoms with Crippen molar-refractivity contribution >= 4 is 17.2 Å². The molecule has 8 nitrogen and oxygen atoms in total. The van der Waals surface area contributed by atoms with Crippen molar-refractivity contribution in [1.29, 1.82) is 0 Å². The Balaban J connectivity index is 1.35. The van der Waals surface area contributed by atoms with Gasteiger partial charge in [0, 0.05) is 32.1 Å². The zero-order chi connectivity index (χ0) is 18.9. The maximum absolute atomic E-state index is 12.6. The Labute approximate surface area is 162 Å². The minimum absolute atomic E-state index is 0.0109. The second kappa shape index (κ2) is 7.27. The number of amides is 1. The molecule has 0 aliphatic carbocycles. The molecule has 1 amide bonds. The third-order valence-corrected chi connectivity index (χ3v) is 5.55. The number of anilines is 1. The van der Waals surface area contributed by atoms with Gasteiger partial charge in [-0.1, -0.05) is 0 Å². The maximum atomic E-state index is 12.6. The number of fused-ring (bicyclic) bond motifs is 1. The number of carbonyl (C=O) groups is 1. The summed E-state index contributed by atoms with van der Waals surface area (Å²) in [6.07, 6.45) is 7.01. The number of hydrogen-bond donors (Lipinski definition) is 0. The molecule has 2 aliphatic heterocycles. The highest BCUT2D eigenvalue weighted by atomic mass is 16.5. The van der Waals surface area contributed by atoms with Gasteiger partial charge in [0.15, 0.2) is 11.5 Å². The minimum atomic E-state index is 0.0109. The van der Waals surface area contributed by atoms with Gasteiger partial charge >= 0.3 is 0 Å². The van der Waals surface area contributed by atoms with E-state index in [1.165, 1.54) is 12.5 Å². The summed E-state index contributed by atoms with van der Waals surface area (Å²) in [6.45, 7) is 4.68. The number of pyridine rings is 1. The lowest BCUT2D eigenvalue weighted by Crippen LogP contribution is -2.39. The molecule has 8 heteroatoms. The largest absolute Gasteiger partial charge is 0.472 e. The van der Waals surface area contributed by atoms with Crippen molar-refractivity contribution in [3.63, 3.8) is 0 Å². The number of hydrogen-bond acceptors (Lipinski definition) is 6. The van der Waals surface area contributed by atoms with Crippen molar-refractivity contribution in [1.82, 2.24) is 19.5 Å². The minimum Gasteiger partial charge on any atom is -0.472 e. The van der Waals surface area contributed by atoms with Crippen molar-refractivity contribution in [2.24, 2.45) is 0 Å². The fraction of sp³-hybridized carbons (Fsp3) is 0.450. The zero-order valence-electron chi connectivity index (χ0n) is 15.7. The van der Waals surface area contributed by atoms with Crippen molar-refractivity contribution in [3.8, 4) is 0 Å². The standard InChI is InChI=1S/C20H23N5O3/c26-20(16-5-9-28-14-16)24-6-1-2-15(12-24)19-21-18-4-3-17(13-25(18)22-19)23-7-10-27-11-8-23/h3-5,9,13-15H,1-2,6-8,10-12H2/t15-/m1/s1. The summed E-state index contributed by atoms with van der Waals surface area (Å²) in [7, 11) is 0. The molecule has 0 aromatic carbocycles. The van der Waals surface area contributed by atoms with Gasteiger partial charge in [0.1, 0.15) is 6.26 Å². The average Bonchev–Trinajstić information content (AvgIpc) is 3.43. The van der Waals surface area contributed by atoms with Crippen LogP contribution in [0, 0.1) is 0 Å². The SMILES string of the molecule is O=C(c1ccoc1)N1CCC[C@@H](c2nc3ccc(N4CCOCC4)cn3n2)C1. The first-order valence-electron chi connectivity index (χ1n) is 9.78. The number of aromatic nitrogens is 3. The molecule has 3 aromatic heterocycles. The molecule has 146 valence electrons. The average molecular weight is 381 g/mol. The van der Waals surface area contributed by atoms with Gasteiger partial charge in [0.05, 0.1) is 36.9 Å². The fourth-order valence-electron chi connectivity index (χ4n) is 4.01. The highest BCUT2D eigenvalue weighted by Gasteiger charge is 2.28. The molecule has 3 aromatic rings. The van der Waals surface area contributed by atoms with Crippen LogP contribution in [0.15, 0.2) is 41.3 Å². The molecule has 0 radical (unpaired) electrons. The molecule has 2 fully saturated rings. The molecule has 0 spiro atoms. The summed E-state index contributed by atoms with van der Waals surface area (Å²) in [5.74, 6) is 0.969. The van der Waals surface area contributed by atoms with Crippen LogP contribution in [0.3, 0.4) is 0 Å². The number of carbonyl (C=O) groups excluding carboxylic acids is 1. The van der Waals surface area contributed by atoms with Crippen LogP contribution in [0.25, 0.3) is 5.65 Å². The second-order valence-corrected chi connectivity index (χ2v) is 7.36. The van der Waals surface area contributed by atoms with Crippen molar-refractivity contribution in [2.45, 2.75) is 18.8 Å². The molecule has 28 heavy (non-hydrogen) atoms. The normalized spacial score (nSPS) is 20.6. The Morgan fingerprint density at radius 2 is 2.04 bits per heavy atom. The highest BCUT2D eigenvalue weighted by Crippen LogP contribution is 2.27. The summed E-state index contributed by atoms with van der Waals surface area (Å²) in [4.78, 5) is 21.5. The Morgan fingerprint density at radius 3 is 2.86 bits per heavy atom. The lowest BCUT2D eigenvalue weighted by atomic mass is 9.97. The number of furan rings is 1. The summed E-state index contributed by atoms with van der Waals surface area (Å²) < 4.78 is 12.3. The molecular weight excluding hydrogens is 358 g/mol. The van der Waals surface area contributed by atoms with Crippen LogP contribution in [0.4, 0.5) is 5.69 Å². The Kier molecular flexibility index (Phi) is 4.48. The molecule has 2 aliphatic rings. The van der Waals surface area contributed by atoms with Crippen molar-refractivity contribution in [3.05, 3.63) is 48.3 Å². The Hall–Kier alpha value is -2.87. The van der Waals surface area contributed by atoms with E-state index in [2.05, 4.69) is 11.0 Å². The number of piperidine rings is 1. The molecule has 1 atom stereocenters. The molecule has 0 N–H and O–H groups in total. The van der Waals surface area contributed by atoms with Crippen molar-refractivity contribution in [2.75, 3.05) is 44.3 Å². The number of likely N-dealkylation sites (tertiary alicyclic amines) is 1. The predicted octanol–water partition coefficient (Wildman–Crippen LogP) is 2.18. The lowest BCUT2D eigenvalue weighted by Gasteiger charge is -2.31. The van der Waals surface area contributed by atoms with Crippen LogP contribution in [0.2, 0.25) is 0 Å². The molecule has 2 saturated heterocycles. The summed E-state index contributed by atoms with van der Waals surface area (Å²) in [6, 6.07) is 5.81. The Bertz CT molecular complexity index is 962. The number of rotatable bonds is 3. The van der Waals surface area contributed by atoms with Gasteiger partial charge in [-0.25, -0.2) is 9.50 Å². The first-order chi connectivity index (χ1) is 13.8. The van der Waals surface area contributed by atoms with Crippen LogP contribution < -0.4 is 4.90 Å². The van der Waals surface area contributed by atoms with E-state index in [0.29, 0.717) is 12.1 Å². The molecule has 0 bridgehead atoms. The van der Waals surface area contributed by atoms with Gasteiger partial charge in [-0.15, -0.1) is 0 Å². The van der Waals surface area contributed by atoms with E-state index >= 15 is 0 Å². The van der Waals surface area contributed by atoms with Gasteiger partial charge < -0.3 is 19.0 Å². The topological polar surface area (TPSA) is 76.1 Å². The van der Waals surface area contributed by atoms with Crippen LogP contribution in [0.1, 0.15) is 34.9 Å². The quantitative estimate of drug-likeness (QED) is 0.692. The van der Waals surface area contributed by atoms with Crippen LogP contribution in [-0.4, -0.2) is 64.8 Å². The van der Waals surface area contributed by atoms with Gasteiger partial charge in [0.2, 0.25) is 0 Å². The van der Waals surface area contributed by atoms with Crippen molar-refractivity contribution < 1.29 is 13.9 Å². The summed E-state index contributed by atoms with van der Waals surface area (Å²) in [5, 5.41) is 4.74. The summed E-state index contributed by atoms with van der Waals surface area (Å²) >= 11 is 0. The molecule has 0 unspecified atom stereocenters.